The molecule has 5 aliphatic heterocycles. The van der Waals surface area contributed by atoms with Crippen LogP contribution in [0.15, 0.2) is 322 Å². The monoisotopic (exact) mass is 1520 g/mol. The summed E-state index contributed by atoms with van der Waals surface area (Å²) in [6.07, 6.45) is 18.7. The zero-order valence-electron chi connectivity index (χ0n) is 64.7. The number of fused-ring (bicyclic) bond motifs is 35. The molecule has 19 nitrogen and oxygen atoms in total. The SMILES string of the molecule is Cn1c2ccccc2c2c1[n+]1c(n2-c2ccccc2)-c2cnccc2C1.[2H]C([2H])([2H])n1c2ccccc2c2c1[n+]1c(n2-c2ccccc2)-c2cnccc2C1.c1ccc(-n2c3ccccc3c3oc4[n+](c32)Cc2ccncc2-4)cc1.c1ccc2c(c1)oc1c2oc2[n+]1Cc1ccncc1-2.c1ccc2c(c1)sc1c2oc2[n+]1Cc1ccncc1-2. The van der Waals surface area contributed by atoms with E-state index in [1.54, 1.807) is 23.7 Å². The topological polar surface area (TPSA) is 161 Å². The predicted molar refractivity (Wildman–Crippen MR) is 443 cm³/mol. The van der Waals surface area contributed by atoms with E-state index in [9.17, 15) is 0 Å². The number of furan rings is 1. The largest absolute Gasteiger partial charge is 0.422 e. The first-order chi connectivity index (χ1) is 58.1. The highest BCUT2D eigenvalue weighted by atomic mass is 32.1. The van der Waals surface area contributed by atoms with Crippen LogP contribution in [-0.4, -0.2) is 47.8 Å². The second-order valence-corrected chi connectivity index (χ2v) is 30.4. The number of imidazole rings is 2. The van der Waals surface area contributed by atoms with Crippen LogP contribution in [0.5, 0.6) is 0 Å². The number of oxazole rings is 3. The molecule has 0 atom stereocenters. The summed E-state index contributed by atoms with van der Waals surface area (Å²) >= 11 is 1.79. The molecular weight excluding hydrogens is 1450 g/mol. The van der Waals surface area contributed by atoms with Gasteiger partial charge in [-0.3, -0.25) is 34.1 Å². The first-order valence-corrected chi connectivity index (χ1v) is 39.0. The normalized spacial score (nSPS) is 13.3. The van der Waals surface area contributed by atoms with Gasteiger partial charge in [-0.25, -0.2) is 18.3 Å². The van der Waals surface area contributed by atoms with Crippen LogP contribution in [0.1, 0.15) is 31.9 Å². The van der Waals surface area contributed by atoms with Crippen molar-refractivity contribution < 1.29 is 44.6 Å². The van der Waals surface area contributed by atoms with Crippen LogP contribution in [0.25, 0.3) is 183 Å². The minimum atomic E-state index is -2.29. The van der Waals surface area contributed by atoms with Crippen molar-refractivity contribution in [3.05, 3.63) is 332 Å². The molecule has 15 aromatic heterocycles. The van der Waals surface area contributed by atoms with Crippen LogP contribution >= 0.6 is 11.3 Å². The van der Waals surface area contributed by atoms with Crippen LogP contribution in [-0.2, 0) is 46.7 Å². The fourth-order valence-electron chi connectivity index (χ4n) is 18.1. The first-order valence-electron chi connectivity index (χ1n) is 39.7. The fraction of sp³-hybridized carbons (Fsp3) is 0.0737. The Labute approximate surface area is 662 Å². The highest BCUT2D eigenvalue weighted by Crippen LogP contribution is 2.44. The van der Waals surface area contributed by atoms with Crippen LogP contribution in [0.4, 0.5) is 0 Å². The van der Waals surface area contributed by atoms with E-state index in [2.05, 4.69) is 231 Å². The summed E-state index contributed by atoms with van der Waals surface area (Å²) < 4.78 is 72.2. The molecule has 20 heteroatoms. The Morgan fingerprint density at radius 1 is 0.330 bits per heavy atom. The van der Waals surface area contributed by atoms with Gasteiger partial charge in [-0.2, -0.15) is 9.13 Å². The van der Waals surface area contributed by atoms with Crippen molar-refractivity contribution >= 4 is 120 Å². The smallest absolute Gasteiger partial charge is 0.413 e. The molecule has 0 fully saturated rings. The molecule has 115 heavy (non-hydrogen) atoms. The summed E-state index contributed by atoms with van der Waals surface area (Å²) in [5.74, 6) is 4.85. The molecule has 0 aliphatic carbocycles. The molecule has 0 amide bonds. The van der Waals surface area contributed by atoms with E-state index in [1.165, 1.54) is 80.9 Å². The van der Waals surface area contributed by atoms with Gasteiger partial charge in [-0.05, 0) is 127 Å². The summed E-state index contributed by atoms with van der Waals surface area (Å²) in [5.41, 5.74) is 27.8. The Balaban J connectivity index is 0.0000000850. The lowest BCUT2D eigenvalue weighted by atomic mass is 10.1. The maximum absolute atomic E-state index is 8.25. The summed E-state index contributed by atoms with van der Waals surface area (Å²) in [7, 11) is 2.16. The molecule has 28 rings (SSSR count). The number of benzene rings is 8. The molecule has 0 bridgehead atoms. The maximum Gasteiger partial charge on any atom is 0.422 e. The molecule has 0 saturated carbocycles. The molecule has 0 spiro atoms. The third kappa shape index (κ3) is 9.63. The molecule has 0 N–H and O–H groups in total. The second-order valence-electron chi connectivity index (χ2n) is 29.4. The number of hydrogen-bond donors (Lipinski definition) is 0. The van der Waals surface area contributed by atoms with Crippen molar-refractivity contribution in [3.63, 3.8) is 0 Å². The van der Waals surface area contributed by atoms with Crippen LogP contribution in [0, 0.1) is 0 Å². The van der Waals surface area contributed by atoms with Crippen molar-refractivity contribution in [1.29, 1.82) is 0 Å². The number of rotatable bonds is 3. The number of nitrogens with zero attached hydrogens (tertiary/aromatic N) is 15. The molecule has 23 aromatic rings. The zero-order valence-corrected chi connectivity index (χ0v) is 62.5. The number of hydrogen-bond acceptors (Lipinski definition) is 10. The Kier molecular flexibility index (Phi) is 13.6. The average molecular weight is 1520 g/mol. The number of thiophene rings is 1. The third-order valence-corrected chi connectivity index (χ3v) is 24.3. The summed E-state index contributed by atoms with van der Waals surface area (Å²) in [5, 5.41) is 5.56. The maximum atomic E-state index is 8.25. The summed E-state index contributed by atoms with van der Waals surface area (Å²) in [4.78, 5) is 22.6. The number of pyridine rings is 5. The lowest BCUT2D eigenvalue weighted by Gasteiger charge is -2.04. The van der Waals surface area contributed by atoms with E-state index >= 15 is 0 Å². The van der Waals surface area contributed by atoms with E-state index in [0.29, 0.717) is 17.7 Å². The van der Waals surface area contributed by atoms with E-state index < -0.39 is 6.98 Å². The lowest BCUT2D eigenvalue weighted by Crippen LogP contribution is -2.33. The third-order valence-electron chi connectivity index (χ3n) is 23.1. The van der Waals surface area contributed by atoms with Gasteiger partial charge < -0.3 is 17.7 Å². The van der Waals surface area contributed by atoms with Crippen LogP contribution < -0.4 is 22.8 Å². The fourth-order valence-corrected chi connectivity index (χ4v) is 19.2. The van der Waals surface area contributed by atoms with Gasteiger partial charge in [0.05, 0.1) is 69.5 Å². The molecular formula is C95H66N15O4S+5. The Morgan fingerprint density at radius 2 is 0.730 bits per heavy atom. The number of aromatic nitrogens is 15. The van der Waals surface area contributed by atoms with Gasteiger partial charge in [-0.15, -0.1) is 9.13 Å². The number of para-hydroxylation sites is 7. The highest BCUT2D eigenvalue weighted by molar-refractivity contribution is 7.25. The average Bonchev–Trinajstić information content (AvgIpc) is 1.52. The van der Waals surface area contributed by atoms with Crippen molar-refractivity contribution in [3.8, 4) is 74.2 Å². The Hall–Kier alpha value is -15.0. The minimum Gasteiger partial charge on any atom is -0.413 e. The van der Waals surface area contributed by atoms with Gasteiger partial charge in [-0.1, -0.05) is 127 Å². The molecule has 0 unspecified atom stereocenters. The van der Waals surface area contributed by atoms with Gasteiger partial charge in [0, 0.05) is 99.9 Å². The molecule has 0 saturated heterocycles. The highest BCUT2D eigenvalue weighted by Gasteiger charge is 2.42. The quantitative estimate of drug-likeness (QED) is 0.157. The van der Waals surface area contributed by atoms with Crippen LogP contribution in [0.3, 0.4) is 0 Å². The van der Waals surface area contributed by atoms with Crippen molar-refractivity contribution in [1.82, 2.24) is 47.8 Å². The lowest BCUT2D eigenvalue weighted by molar-refractivity contribution is -0.655. The second kappa shape index (κ2) is 25.3. The zero-order chi connectivity index (χ0) is 78.2. The standard InChI is InChI=1S/2C22H17N4.C21H14N3O.C15H9N2O2.C15H9N2OS/c2*1-24-19-10-6-5-9-17(19)20-22(24)25-14-15-11-12-23-13-18(15)21(25)26(20)16-7-3-2-4-8-16;1-2-6-15(7-3-1)24-18-9-5-4-8-16(18)19-20(24)23-13-14-10-11-22-12-17(14)21(23)25-19;1-2-4-12-10(3-1)13-15(18-12)17-8-9-5-6-16-7-11(9)14(17)19-13;1-2-4-12-10(3-1)13-15(19-12)17-8-9-5-6-16-7-11(9)14(17)18-13/h2*2-13H,14H2,1H3;1-12H,13H2;2*1-7H,8H2/q5*+1/i1D3;;;;. The first kappa shape index (κ1) is 61.7. The van der Waals surface area contributed by atoms with Crippen LogP contribution in [0.2, 0.25) is 0 Å². The summed E-state index contributed by atoms with van der Waals surface area (Å²) in [6, 6.07) is 82.6. The summed E-state index contributed by atoms with van der Waals surface area (Å²) in [6.45, 7) is 1.68. The predicted octanol–water partition coefficient (Wildman–Crippen LogP) is 18.0. The minimum absolute atomic E-state index is 0.621. The van der Waals surface area contributed by atoms with E-state index in [0.717, 1.165) is 150 Å². The molecule has 8 aromatic carbocycles. The molecule has 546 valence electrons. The Bertz CT molecular complexity index is 7920. The van der Waals surface area contributed by atoms with Crippen molar-refractivity contribution in [2.75, 3.05) is 0 Å². The number of aryl methyl sites for hydroxylation is 2. The molecule has 5 aliphatic rings. The van der Waals surface area contributed by atoms with E-state index in [-0.39, 0.29) is 0 Å². The molecule has 20 heterocycles. The van der Waals surface area contributed by atoms with E-state index in [1.807, 2.05) is 135 Å². The van der Waals surface area contributed by atoms with Gasteiger partial charge in [0.15, 0.2) is 24.1 Å². The van der Waals surface area contributed by atoms with Gasteiger partial charge in [0.2, 0.25) is 22.8 Å². The van der Waals surface area contributed by atoms with E-state index in [4.69, 9.17) is 21.8 Å². The Morgan fingerprint density at radius 3 is 1.30 bits per heavy atom. The molecule has 0 radical (unpaired) electrons. The van der Waals surface area contributed by atoms with Gasteiger partial charge in [0.1, 0.15) is 56.9 Å². The van der Waals surface area contributed by atoms with Crippen molar-refractivity contribution in [2.24, 2.45) is 14.0 Å². The van der Waals surface area contributed by atoms with Gasteiger partial charge in [0.25, 0.3) is 22.8 Å². The van der Waals surface area contributed by atoms with Gasteiger partial charge >= 0.3 is 28.0 Å². The van der Waals surface area contributed by atoms with Crippen molar-refractivity contribution in [2.45, 2.75) is 32.7 Å².